The van der Waals surface area contributed by atoms with Crippen LogP contribution >= 0.6 is 0 Å². The maximum atomic E-state index is 12.1. The van der Waals surface area contributed by atoms with Crippen molar-refractivity contribution < 1.29 is 14.3 Å². The summed E-state index contributed by atoms with van der Waals surface area (Å²) in [4.78, 5) is 13.9. The first-order valence-corrected chi connectivity index (χ1v) is 8.45. The van der Waals surface area contributed by atoms with Gasteiger partial charge in [0, 0.05) is 26.8 Å². The molecule has 23 heavy (non-hydrogen) atoms. The van der Waals surface area contributed by atoms with Crippen LogP contribution in [0.25, 0.3) is 0 Å². The maximum absolute atomic E-state index is 12.1. The van der Waals surface area contributed by atoms with E-state index in [-0.39, 0.29) is 6.09 Å². The number of rotatable bonds is 8. The molecule has 128 valence electrons. The second-order valence-corrected chi connectivity index (χ2v) is 6.02. The van der Waals surface area contributed by atoms with Crippen LogP contribution in [0.1, 0.15) is 24.8 Å². The lowest BCUT2D eigenvalue weighted by molar-refractivity contribution is 0.0821. The van der Waals surface area contributed by atoms with Crippen molar-refractivity contribution >= 4 is 6.09 Å². The van der Waals surface area contributed by atoms with Crippen molar-refractivity contribution in [2.24, 2.45) is 5.92 Å². The molecule has 2 rings (SSSR count). The van der Waals surface area contributed by atoms with E-state index in [1.807, 2.05) is 35.2 Å². The fourth-order valence-electron chi connectivity index (χ4n) is 2.78. The van der Waals surface area contributed by atoms with E-state index in [1.54, 1.807) is 7.11 Å². The summed E-state index contributed by atoms with van der Waals surface area (Å²) in [6, 6.07) is 9.80. The van der Waals surface area contributed by atoms with Crippen LogP contribution in [-0.4, -0.2) is 50.9 Å². The number of nitrogens with zero attached hydrogens (tertiary/aromatic N) is 1. The Bertz CT molecular complexity index is 445. The number of hydrogen-bond acceptors (Lipinski definition) is 4. The number of hydrogen-bond donors (Lipinski definition) is 1. The van der Waals surface area contributed by atoms with Crippen LogP contribution in [-0.2, 0) is 16.1 Å². The third-order valence-corrected chi connectivity index (χ3v) is 4.21. The van der Waals surface area contributed by atoms with Gasteiger partial charge >= 0.3 is 6.09 Å². The van der Waals surface area contributed by atoms with Gasteiger partial charge in [-0.05, 0) is 43.8 Å². The first-order valence-electron chi connectivity index (χ1n) is 8.45. The number of benzene rings is 1. The largest absolute Gasteiger partial charge is 0.445 e. The van der Waals surface area contributed by atoms with Crippen molar-refractivity contribution in [2.45, 2.75) is 25.9 Å². The zero-order valence-corrected chi connectivity index (χ0v) is 14.0. The second-order valence-electron chi connectivity index (χ2n) is 6.02. The van der Waals surface area contributed by atoms with Crippen LogP contribution in [0.15, 0.2) is 30.3 Å². The molecule has 1 aromatic carbocycles. The lowest BCUT2D eigenvalue weighted by atomic mass is 9.97. The lowest BCUT2D eigenvalue weighted by Crippen LogP contribution is -2.41. The fraction of sp³-hybridized carbons (Fsp3) is 0.611. The molecule has 0 radical (unpaired) electrons. The summed E-state index contributed by atoms with van der Waals surface area (Å²) >= 11 is 0. The van der Waals surface area contributed by atoms with Crippen LogP contribution < -0.4 is 5.32 Å². The molecule has 0 bridgehead atoms. The number of methoxy groups -OCH3 is 1. The molecule has 0 saturated carbocycles. The molecule has 1 saturated heterocycles. The SMILES string of the molecule is COCCCNCC1CCN(C(=O)OCc2ccccc2)CC1. The molecule has 1 amide bonds. The molecule has 0 aromatic heterocycles. The summed E-state index contributed by atoms with van der Waals surface area (Å²) in [5.41, 5.74) is 1.02. The minimum absolute atomic E-state index is 0.194. The number of ether oxygens (including phenoxy) is 2. The Morgan fingerprint density at radius 1 is 1.26 bits per heavy atom. The zero-order valence-electron chi connectivity index (χ0n) is 14.0. The minimum Gasteiger partial charge on any atom is -0.445 e. The zero-order chi connectivity index (χ0) is 16.3. The van der Waals surface area contributed by atoms with Gasteiger partial charge in [-0.2, -0.15) is 0 Å². The first kappa shape index (κ1) is 17.8. The topological polar surface area (TPSA) is 50.8 Å². The Balaban J connectivity index is 1.59. The molecule has 0 aliphatic carbocycles. The number of carbonyl (C=O) groups is 1. The normalized spacial score (nSPS) is 15.6. The smallest absolute Gasteiger partial charge is 0.410 e. The monoisotopic (exact) mass is 320 g/mol. The van der Waals surface area contributed by atoms with Gasteiger partial charge in [-0.3, -0.25) is 0 Å². The van der Waals surface area contributed by atoms with Crippen molar-refractivity contribution in [1.29, 1.82) is 0 Å². The van der Waals surface area contributed by atoms with Gasteiger partial charge in [0.25, 0.3) is 0 Å². The molecule has 1 N–H and O–H groups in total. The highest BCUT2D eigenvalue weighted by Gasteiger charge is 2.23. The van der Waals surface area contributed by atoms with E-state index in [2.05, 4.69) is 5.32 Å². The summed E-state index contributed by atoms with van der Waals surface area (Å²) in [6.45, 7) is 4.75. The minimum atomic E-state index is -0.194. The third-order valence-electron chi connectivity index (χ3n) is 4.21. The van der Waals surface area contributed by atoms with Crippen LogP contribution in [0.4, 0.5) is 4.79 Å². The maximum Gasteiger partial charge on any atom is 0.410 e. The highest BCUT2D eigenvalue weighted by Crippen LogP contribution is 2.17. The van der Waals surface area contributed by atoms with Gasteiger partial charge < -0.3 is 19.7 Å². The van der Waals surface area contributed by atoms with E-state index in [0.29, 0.717) is 12.5 Å². The van der Waals surface area contributed by atoms with Gasteiger partial charge in [0.2, 0.25) is 0 Å². The molecule has 1 fully saturated rings. The van der Waals surface area contributed by atoms with Crippen molar-refractivity contribution in [3.05, 3.63) is 35.9 Å². The van der Waals surface area contributed by atoms with Gasteiger partial charge in [0.15, 0.2) is 0 Å². The summed E-state index contributed by atoms with van der Waals surface area (Å²) in [5.74, 6) is 0.649. The van der Waals surface area contributed by atoms with Crippen LogP contribution in [0.3, 0.4) is 0 Å². The van der Waals surface area contributed by atoms with Crippen molar-refractivity contribution in [3.63, 3.8) is 0 Å². The number of nitrogens with one attached hydrogen (secondary N) is 1. The number of amides is 1. The Morgan fingerprint density at radius 2 is 2.00 bits per heavy atom. The van der Waals surface area contributed by atoms with E-state index in [1.165, 1.54) is 0 Å². The quantitative estimate of drug-likeness (QED) is 0.748. The van der Waals surface area contributed by atoms with E-state index >= 15 is 0 Å². The molecule has 5 heteroatoms. The van der Waals surface area contributed by atoms with Gasteiger partial charge in [0.1, 0.15) is 6.61 Å². The van der Waals surface area contributed by atoms with Gasteiger partial charge in [-0.25, -0.2) is 4.79 Å². The first-order chi connectivity index (χ1) is 11.3. The van der Waals surface area contributed by atoms with Gasteiger partial charge in [-0.1, -0.05) is 30.3 Å². The highest BCUT2D eigenvalue weighted by atomic mass is 16.6. The van der Waals surface area contributed by atoms with Crippen LogP contribution in [0, 0.1) is 5.92 Å². The van der Waals surface area contributed by atoms with E-state index < -0.39 is 0 Å². The lowest BCUT2D eigenvalue weighted by Gasteiger charge is -2.31. The molecule has 0 spiro atoms. The molecule has 1 heterocycles. The second kappa shape index (κ2) is 10.2. The average molecular weight is 320 g/mol. The predicted molar refractivity (Wildman–Crippen MR) is 90.3 cm³/mol. The summed E-state index contributed by atoms with van der Waals surface area (Å²) in [5, 5.41) is 3.47. The highest BCUT2D eigenvalue weighted by molar-refractivity contribution is 5.67. The third kappa shape index (κ3) is 6.59. The Labute approximate surface area is 139 Å². The van der Waals surface area contributed by atoms with E-state index in [0.717, 1.165) is 57.6 Å². The molecule has 0 atom stereocenters. The predicted octanol–water partition coefficient (Wildman–Crippen LogP) is 2.66. The summed E-state index contributed by atoms with van der Waals surface area (Å²) in [6.07, 6.45) is 2.93. The van der Waals surface area contributed by atoms with Crippen LogP contribution in [0.2, 0.25) is 0 Å². The van der Waals surface area contributed by atoms with Crippen molar-refractivity contribution in [2.75, 3.05) is 39.9 Å². The van der Waals surface area contributed by atoms with Crippen molar-refractivity contribution in [3.8, 4) is 0 Å². The van der Waals surface area contributed by atoms with E-state index in [4.69, 9.17) is 9.47 Å². The molecule has 1 aliphatic heterocycles. The Kier molecular flexibility index (Phi) is 7.90. The fourth-order valence-corrected chi connectivity index (χ4v) is 2.78. The molecule has 1 aliphatic rings. The van der Waals surface area contributed by atoms with E-state index in [9.17, 15) is 4.79 Å². The van der Waals surface area contributed by atoms with Crippen molar-refractivity contribution in [1.82, 2.24) is 10.2 Å². The summed E-state index contributed by atoms with van der Waals surface area (Å²) in [7, 11) is 1.73. The molecule has 5 nitrogen and oxygen atoms in total. The molecule has 1 aromatic rings. The standard InChI is InChI=1S/C18H28N2O3/c1-22-13-5-10-19-14-16-8-11-20(12-9-16)18(21)23-15-17-6-3-2-4-7-17/h2-4,6-7,16,19H,5,8-15H2,1H3. The van der Waals surface area contributed by atoms with Gasteiger partial charge in [0.05, 0.1) is 0 Å². The van der Waals surface area contributed by atoms with Crippen LogP contribution in [0.5, 0.6) is 0 Å². The average Bonchev–Trinajstić information content (AvgIpc) is 2.61. The molecular weight excluding hydrogens is 292 g/mol. The number of carbonyl (C=O) groups excluding carboxylic acids is 1. The Hall–Kier alpha value is -1.59. The Morgan fingerprint density at radius 3 is 2.70 bits per heavy atom. The summed E-state index contributed by atoms with van der Waals surface area (Å²) < 4.78 is 10.4. The number of likely N-dealkylation sites (tertiary alicyclic amines) is 1. The number of piperidine rings is 1. The molecular formula is C18H28N2O3. The van der Waals surface area contributed by atoms with Gasteiger partial charge in [-0.15, -0.1) is 0 Å². The molecule has 0 unspecified atom stereocenters.